The number of rotatable bonds is 5. The summed E-state index contributed by atoms with van der Waals surface area (Å²) in [6, 6.07) is 0. The predicted molar refractivity (Wildman–Crippen MR) is 67.5 cm³/mol. The van der Waals surface area contributed by atoms with Crippen molar-refractivity contribution in [2.75, 3.05) is 18.5 Å². The van der Waals surface area contributed by atoms with E-state index in [4.69, 9.17) is 5.73 Å². The fraction of sp³-hybridized carbons (Fsp3) is 0.600. The molecule has 0 saturated heterocycles. The first kappa shape index (κ1) is 12.9. The molecule has 5 nitrogen and oxygen atoms in total. The molecule has 0 radical (unpaired) electrons. The van der Waals surface area contributed by atoms with E-state index >= 15 is 0 Å². The molecule has 0 aliphatic rings. The van der Waals surface area contributed by atoms with Crippen molar-refractivity contribution in [3.8, 4) is 0 Å². The summed E-state index contributed by atoms with van der Waals surface area (Å²) < 4.78 is 1.54. The highest BCUT2D eigenvalue weighted by molar-refractivity contribution is 7.99. The van der Waals surface area contributed by atoms with E-state index < -0.39 is 0 Å². The molecule has 0 aliphatic carbocycles. The molecular weight excluding hydrogens is 224 g/mol. The normalized spacial score (nSPS) is 12.4. The van der Waals surface area contributed by atoms with Gasteiger partial charge in [-0.3, -0.25) is 9.48 Å². The van der Waals surface area contributed by atoms with Crippen LogP contribution in [0.1, 0.15) is 23.8 Å². The van der Waals surface area contributed by atoms with Gasteiger partial charge in [0.05, 0.1) is 5.69 Å². The van der Waals surface area contributed by atoms with E-state index in [2.05, 4.69) is 23.6 Å². The van der Waals surface area contributed by atoms with Gasteiger partial charge in [-0.05, 0) is 12.7 Å². The number of nitrogens with one attached hydrogen (secondary N) is 1. The topological polar surface area (TPSA) is 72.9 Å². The average molecular weight is 242 g/mol. The monoisotopic (exact) mass is 242 g/mol. The Morgan fingerprint density at radius 1 is 1.75 bits per heavy atom. The second kappa shape index (κ2) is 5.79. The van der Waals surface area contributed by atoms with Crippen LogP contribution in [-0.2, 0) is 7.05 Å². The van der Waals surface area contributed by atoms with Gasteiger partial charge in [-0.25, -0.2) is 0 Å². The highest BCUT2D eigenvalue weighted by Crippen LogP contribution is 2.09. The Labute approximate surface area is 99.8 Å². The molecule has 1 amide bonds. The van der Waals surface area contributed by atoms with Gasteiger partial charge < -0.3 is 11.1 Å². The van der Waals surface area contributed by atoms with Crippen LogP contribution >= 0.6 is 11.8 Å². The lowest BCUT2D eigenvalue weighted by molar-refractivity contribution is 0.0948. The van der Waals surface area contributed by atoms with Crippen LogP contribution < -0.4 is 11.1 Å². The van der Waals surface area contributed by atoms with Crippen LogP contribution in [0.2, 0.25) is 0 Å². The zero-order valence-electron chi connectivity index (χ0n) is 9.86. The molecule has 0 fully saturated rings. The number of hydrogen-bond donors (Lipinski definition) is 2. The quantitative estimate of drug-likeness (QED) is 0.803. The van der Waals surface area contributed by atoms with E-state index in [1.165, 1.54) is 4.68 Å². The van der Waals surface area contributed by atoms with E-state index in [0.29, 0.717) is 23.2 Å². The Bertz CT molecular complexity index is 364. The number of carbonyl (C=O) groups excluding carboxylic acids is 1. The predicted octanol–water partition coefficient (Wildman–Crippen LogP) is 0.874. The summed E-state index contributed by atoms with van der Waals surface area (Å²) in [5.41, 5.74) is 6.37. The zero-order chi connectivity index (χ0) is 12.1. The molecule has 1 heterocycles. The maximum Gasteiger partial charge on any atom is 0.273 e. The number of anilines is 1. The number of amides is 1. The largest absolute Gasteiger partial charge is 0.396 e. The Balaban J connectivity index is 2.44. The molecule has 0 saturated carbocycles. The molecule has 90 valence electrons. The fourth-order valence-corrected chi connectivity index (χ4v) is 1.63. The number of nitrogens with two attached hydrogens (primary N) is 1. The third kappa shape index (κ3) is 3.44. The molecule has 1 aromatic rings. The summed E-state index contributed by atoms with van der Waals surface area (Å²) in [4.78, 5) is 11.7. The number of nitrogens with zero attached hydrogens (tertiary/aromatic N) is 2. The molecule has 1 atom stereocenters. The minimum Gasteiger partial charge on any atom is -0.396 e. The summed E-state index contributed by atoms with van der Waals surface area (Å²) in [7, 11) is 1.74. The van der Waals surface area contributed by atoms with Crippen LogP contribution in [0.25, 0.3) is 0 Å². The fourth-order valence-electron chi connectivity index (χ4n) is 1.27. The SMILES string of the molecule is CSC(C)CCNC(=O)c1nn(C)cc1N. The molecule has 3 N–H and O–H groups in total. The molecule has 0 aliphatic heterocycles. The van der Waals surface area contributed by atoms with Gasteiger partial charge in [-0.2, -0.15) is 16.9 Å². The summed E-state index contributed by atoms with van der Waals surface area (Å²) in [6.45, 7) is 2.78. The minimum absolute atomic E-state index is 0.202. The number of aryl methyl sites for hydroxylation is 1. The van der Waals surface area contributed by atoms with E-state index in [1.54, 1.807) is 25.0 Å². The van der Waals surface area contributed by atoms with Crippen molar-refractivity contribution in [3.63, 3.8) is 0 Å². The van der Waals surface area contributed by atoms with Crippen LogP contribution in [0.5, 0.6) is 0 Å². The summed E-state index contributed by atoms with van der Waals surface area (Å²) in [6.07, 6.45) is 4.63. The van der Waals surface area contributed by atoms with E-state index in [-0.39, 0.29) is 5.91 Å². The Morgan fingerprint density at radius 3 is 2.94 bits per heavy atom. The van der Waals surface area contributed by atoms with Gasteiger partial charge in [-0.15, -0.1) is 0 Å². The molecule has 0 aromatic carbocycles. The molecular formula is C10H18N4OS. The van der Waals surface area contributed by atoms with Crippen LogP contribution in [0.3, 0.4) is 0 Å². The third-order valence-electron chi connectivity index (χ3n) is 2.31. The zero-order valence-corrected chi connectivity index (χ0v) is 10.7. The molecule has 0 spiro atoms. The lowest BCUT2D eigenvalue weighted by Crippen LogP contribution is -2.27. The van der Waals surface area contributed by atoms with Crippen LogP contribution in [0.15, 0.2) is 6.20 Å². The summed E-state index contributed by atoms with van der Waals surface area (Å²) >= 11 is 1.78. The first-order valence-corrected chi connectivity index (χ1v) is 6.43. The lowest BCUT2D eigenvalue weighted by atomic mass is 10.3. The standard InChI is InChI=1S/C10H18N4OS/c1-7(16-3)4-5-12-10(15)9-8(11)6-14(2)13-9/h6-7H,4-5,11H2,1-3H3,(H,12,15). The van der Waals surface area contributed by atoms with Crippen molar-refractivity contribution < 1.29 is 4.79 Å². The van der Waals surface area contributed by atoms with Crippen LogP contribution in [-0.4, -0.2) is 33.7 Å². The van der Waals surface area contributed by atoms with Crippen molar-refractivity contribution in [2.24, 2.45) is 7.05 Å². The van der Waals surface area contributed by atoms with E-state index in [9.17, 15) is 4.79 Å². The Hall–Kier alpha value is -1.17. The van der Waals surface area contributed by atoms with Gasteiger partial charge in [0.1, 0.15) is 0 Å². The summed E-state index contributed by atoms with van der Waals surface area (Å²) in [5.74, 6) is -0.202. The Morgan fingerprint density at radius 2 is 2.44 bits per heavy atom. The molecule has 1 rings (SSSR count). The van der Waals surface area contributed by atoms with E-state index in [0.717, 1.165) is 6.42 Å². The second-order valence-corrected chi connectivity index (χ2v) is 4.97. The Kier molecular flexibility index (Phi) is 4.67. The molecule has 16 heavy (non-hydrogen) atoms. The van der Waals surface area contributed by atoms with Crippen molar-refractivity contribution in [2.45, 2.75) is 18.6 Å². The molecule has 0 bridgehead atoms. The maximum absolute atomic E-state index is 11.7. The van der Waals surface area contributed by atoms with Crippen molar-refractivity contribution in [3.05, 3.63) is 11.9 Å². The van der Waals surface area contributed by atoms with Gasteiger partial charge in [0, 0.05) is 25.0 Å². The number of thioether (sulfide) groups is 1. The number of nitrogen functional groups attached to an aromatic ring is 1. The number of aromatic nitrogens is 2. The van der Waals surface area contributed by atoms with Gasteiger partial charge in [-0.1, -0.05) is 6.92 Å². The average Bonchev–Trinajstić information content (AvgIpc) is 2.57. The second-order valence-electron chi connectivity index (χ2n) is 3.70. The smallest absolute Gasteiger partial charge is 0.273 e. The third-order valence-corrected chi connectivity index (χ3v) is 3.35. The summed E-state index contributed by atoms with van der Waals surface area (Å²) in [5, 5.41) is 7.36. The minimum atomic E-state index is -0.202. The van der Waals surface area contributed by atoms with Gasteiger partial charge >= 0.3 is 0 Å². The molecule has 1 unspecified atom stereocenters. The van der Waals surface area contributed by atoms with Crippen molar-refractivity contribution in [1.29, 1.82) is 0 Å². The van der Waals surface area contributed by atoms with Gasteiger partial charge in [0.2, 0.25) is 0 Å². The molecule has 1 aromatic heterocycles. The van der Waals surface area contributed by atoms with Gasteiger partial charge in [0.25, 0.3) is 5.91 Å². The maximum atomic E-state index is 11.7. The van der Waals surface area contributed by atoms with Gasteiger partial charge in [0.15, 0.2) is 5.69 Å². The highest BCUT2D eigenvalue weighted by atomic mass is 32.2. The van der Waals surface area contributed by atoms with Crippen LogP contribution in [0, 0.1) is 0 Å². The van der Waals surface area contributed by atoms with Crippen LogP contribution in [0.4, 0.5) is 5.69 Å². The highest BCUT2D eigenvalue weighted by Gasteiger charge is 2.13. The first-order valence-electron chi connectivity index (χ1n) is 5.14. The number of carbonyl (C=O) groups is 1. The first-order chi connectivity index (χ1) is 7.54. The number of hydrogen-bond acceptors (Lipinski definition) is 4. The van der Waals surface area contributed by atoms with Crippen molar-refractivity contribution in [1.82, 2.24) is 15.1 Å². The van der Waals surface area contributed by atoms with E-state index in [1.807, 2.05) is 0 Å². The lowest BCUT2D eigenvalue weighted by Gasteiger charge is -2.08. The van der Waals surface area contributed by atoms with Crippen molar-refractivity contribution >= 4 is 23.4 Å². The molecule has 6 heteroatoms.